The van der Waals surface area contributed by atoms with Crippen molar-refractivity contribution in [1.29, 1.82) is 0 Å². The molecule has 0 unspecified atom stereocenters. The lowest BCUT2D eigenvalue weighted by atomic mass is 9.95. The zero-order valence-corrected chi connectivity index (χ0v) is 24.1. The predicted octanol–water partition coefficient (Wildman–Crippen LogP) is 5.45. The van der Waals surface area contributed by atoms with Crippen LogP contribution in [0, 0.1) is 6.92 Å². The predicted molar refractivity (Wildman–Crippen MR) is 158 cm³/mol. The van der Waals surface area contributed by atoms with E-state index in [4.69, 9.17) is 0 Å². The number of sulfonamides is 1. The summed E-state index contributed by atoms with van der Waals surface area (Å²) in [4.78, 5) is 29.3. The van der Waals surface area contributed by atoms with Gasteiger partial charge in [-0.2, -0.15) is 0 Å². The molecule has 8 heteroatoms. The lowest BCUT2D eigenvalue weighted by molar-refractivity contribution is -0.140. The zero-order valence-electron chi connectivity index (χ0n) is 23.3. The molecule has 1 atom stereocenters. The Balaban J connectivity index is 1.67. The van der Waals surface area contributed by atoms with Crippen molar-refractivity contribution in [3.63, 3.8) is 0 Å². The third-order valence-corrected chi connectivity index (χ3v) is 9.25. The maximum atomic E-state index is 14.1. The fourth-order valence-corrected chi connectivity index (χ4v) is 6.64. The maximum absolute atomic E-state index is 14.1. The molecule has 0 aliphatic heterocycles. The second-order valence-electron chi connectivity index (χ2n) is 10.4. The van der Waals surface area contributed by atoms with E-state index >= 15 is 0 Å². The van der Waals surface area contributed by atoms with Crippen molar-refractivity contribution in [3.05, 3.63) is 96.1 Å². The van der Waals surface area contributed by atoms with Gasteiger partial charge >= 0.3 is 0 Å². The Morgan fingerprint density at radius 1 is 0.875 bits per heavy atom. The maximum Gasteiger partial charge on any atom is 0.264 e. The second-order valence-corrected chi connectivity index (χ2v) is 12.3. The average molecular weight is 562 g/mol. The molecule has 1 aliphatic carbocycles. The zero-order chi connectivity index (χ0) is 28.5. The summed E-state index contributed by atoms with van der Waals surface area (Å²) < 4.78 is 28.8. The van der Waals surface area contributed by atoms with E-state index in [2.05, 4.69) is 5.32 Å². The molecule has 212 valence electrons. The normalized spacial score (nSPS) is 14.8. The fraction of sp³-hybridized carbons (Fsp3) is 0.375. The number of nitrogens with zero attached hydrogens (tertiary/aromatic N) is 2. The first kappa shape index (κ1) is 29.3. The van der Waals surface area contributed by atoms with Crippen molar-refractivity contribution in [3.8, 4) is 0 Å². The van der Waals surface area contributed by atoms with Crippen LogP contribution < -0.4 is 9.62 Å². The highest BCUT2D eigenvalue weighted by atomic mass is 32.2. The van der Waals surface area contributed by atoms with E-state index in [0.717, 1.165) is 41.1 Å². The monoisotopic (exact) mass is 561 g/mol. The largest absolute Gasteiger partial charge is 0.352 e. The van der Waals surface area contributed by atoms with Gasteiger partial charge in [0.05, 0.1) is 10.6 Å². The third-order valence-electron chi connectivity index (χ3n) is 7.47. The van der Waals surface area contributed by atoms with Gasteiger partial charge in [-0.05, 0) is 56.0 Å². The number of rotatable bonds is 11. The summed E-state index contributed by atoms with van der Waals surface area (Å²) in [5, 5.41) is 3.17. The van der Waals surface area contributed by atoms with Gasteiger partial charge in [0.25, 0.3) is 10.0 Å². The van der Waals surface area contributed by atoms with Crippen molar-refractivity contribution < 1.29 is 18.0 Å². The van der Waals surface area contributed by atoms with Gasteiger partial charge in [0.1, 0.15) is 12.6 Å². The highest BCUT2D eigenvalue weighted by molar-refractivity contribution is 7.92. The highest BCUT2D eigenvalue weighted by Crippen LogP contribution is 2.25. The van der Waals surface area contributed by atoms with E-state index in [1.54, 1.807) is 30.3 Å². The molecule has 3 aromatic carbocycles. The molecule has 2 amide bonds. The minimum atomic E-state index is -4.06. The summed E-state index contributed by atoms with van der Waals surface area (Å²) >= 11 is 0. The van der Waals surface area contributed by atoms with Crippen LogP contribution in [0.25, 0.3) is 0 Å². The lowest BCUT2D eigenvalue weighted by Crippen LogP contribution is -2.54. The van der Waals surface area contributed by atoms with Gasteiger partial charge in [-0.25, -0.2) is 8.42 Å². The van der Waals surface area contributed by atoms with Crippen LogP contribution in [-0.4, -0.2) is 43.8 Å². The number of hydrogen-bond donors (Lipinski definition) is 1. The van der Waals surface area contributed by atoms with Crippen LogP contribution in [-0.2, 0) is 26.2 Å². The smallest absolute Gasteiger partial charge is 0.264 e. The van der Waals surface area contributed by atoms with Gasteiger partial charge in [-0.15, -0.1) is 0 Å². The molecule has 0 radical (unpaired) electrons. The van der Waals surface area contributed by atoms with Crippen molar-refractivity contribution in [2.24, 2.45) is 0 Å². The molecule has 4 rings (SSSR count). The summed E-state index contributed by atoms with van der Waals surface area (Å²) in [6.45, 7) is 3.57. The van der Waals surface area contributed by atoms with Gasteiger partial charge in [-0.1, -0.05) is 92.4 Å². The Hall–Kier alpha value is -3.65. The van der Waals surface area contributed by atoms with Crippen LogP contribution >= 0.6 is 0 Å². The van der Waals surface area contributed by atoms with E-state index in [-0.39, 0.29) is 23.4 Å². The fourth-order valence-electron chi connectivity index (χ4n) is 5.20. The number of hydrogen-bond acceptors (Lipinski definition) is 4. The Morgan fingerprint density at radius 2 is 1.48 bits per heavy atom. The first-order valence-electron chi connectivity index (χ1n) is 14.1. The standard InChI is InChI=1S/C32H39N3O4S/c1-3-30(32(37)33-27-15-9-5-10-16-27)34(23-26-13-7-4-8-14-26)31(36)24-35(28-21-19-25(2)20-22-28)40(38,39)29-17-11-6-12-18-29/h4,6-8,11-14,17-22,27,30H,3,5,9-10,15-16,23-24H2,1-2H3,(H,33,37)/t30-/m0/s1. The average Bonchev–Trinajstić information content (AvgIpc) is 2.97. The Kier molecular flexibility index (Phi) is 9.98. The van der Waals surface area contributed by atoms with Crippen LogP contribution in [0.2, 0.25) is 0 Å². The van der Waals surface area contributed by atoms with Crippen LogP contribution in [0.1, 0.15) is 56.6 Å². The molecule has 0 heterocycles. The Morgan fingerprint density at radius 3 is 2.08 bits per heavy atom. The molecule has 0 aromatic heterocycles. The van der Waals surface area contributed by atoms with Crippen molar-refractivity contribution >= 4 is 27.5 Å². The van der Waals surface area contributed by atoms with Crippen molar-refractivity contribution in [1.82, 2.24) is 10.2 Å². The number of anilines is 1. The van der Waals surface area contributed by atoms with Crippen LogP contribution in [0.4, 0.5) is 5.69 Å². The van der Waals surface area contributed by atoms with Crippen molar-refractivity contribution in [2.75, 3.05) is 10.8 Å². The van der Waals surface area contributed by atoms with Crippen LogP contribution in [0.15, 0.2) is 89.8 Å². The molecule has 1 N–H and O–H groups in total. The topological polar surface area (TPSA) is 86.8 Å². The SMILES string of the molecule is CC[C@@H](C(=O)NC1CCCCC1)N(Cc1ccccc1)C(=O)CN(c1ccc(C)cc1)S(=O)(=O)c1ccccc1. The van der Waals surface area contributed by atoms with Gasteiger partial charge in [0, 0.05) is 12.6 Å². The summed E-state index contributed by atoms with van der Waals surface area (Å²) in [5.41, 5.74) is 2.23. The number of nitrogens with one attached hydrogen (secondary N) is 1. The Labute approximate surface area is 238 Å². The third kappa shape index (κ3) is 7.30. The molecule has 40 heavy (non-hydrogen) atoms. The molecule has 0 spiro atoms. The minimum absolute atomic E-state index is 0.0973. The summed E-state index contributed by atoms with van der Waals surface area (Å²) in [7, 11) is -4.06. The van der Waals surface area contributed by atoms with E-state index in [1.165, 1.54) is 23.5 Å². The highest BCUT2D eigenvalue weighted by Gasteiger charge is 2.34. The number of carbonyl (C=O) groups excluding carboxylic acids is 2. The summed E-state index contributed by atoms with van der Waals surface area (Å²) in [5.74, 6) is -0.624. The molecule has 1 saturated carbocycles. The van der Waals surface area contributed by atoms with Crippen molar-refractivity contribution in [2.45, 2.75) is 75.9 Å². The lowest BCUT2D eigenvalue weighted by Gasteiger charge is -2.34. The van der Waals surface area contributed by atoms with Gasteiger partial charge < -0.3 is 10.2 Å². The molecule has 1 fully saturated rings. The van der Waals surface area contributed by atoms with E-state index in [9.17, 15) is 18.0 Å². The first-order valence-corrected chi connectivity index (χ1v) is 15.5. The molecule has 7 nitrogen and oxygen atoms in total. The second kappa shape index (κ2) is 13.6. The summed E-state index contributed by atoms with van der Waals surface area (Å²) in [6.07, 6.45) is 5.62. The molecular weight excluding hydrogens is 522 g/mol. The molecule has 1 aliphatic rings. The van der Waals surface area contributed by atoms with E-state index in [0.29, 0.717) is 12.1 Å². The van der Waals surface area contributed by atoms with Crippen LogP contribution in [0.5, 0.6) is 0 Å². The molecular formula is C32H39N3O4S. The number of aryl methyl sites for hydroxylation is 1. The number of carbonyl (C=O) groups is 2. The first-order chi connectivity index (χ1) is 19.3. The van der Waals surface area contributed by atoms with E-state index < -0.39 is 28.5 Å². The van der Waals surface area contributed by atoms with Gasteiger partial charge in [-0.3, -0.25) is 13.9 Å². The molecule has 0 saturated heterocycles. The van der Waals surface area contributed by atoms with Gasteiger partial charge in [0.2, 0.25) is 11.8 Å². The quantitative estimate of drug-likeness (QED) is 0.338. The molecule has 3 aromatic rings. The number of benzene rings is 3. The molecule has 0 bridgehead atoms. The summed E-state index contributed by atoms with van der Waals surface area (Å²) in [6, 6.07) is 24.0. The van der Waals surface area contributed by atoms with E-state index in [1.807, 2.05) is 56.3 Å². The van der Waals surface area contributed by atoms with Crippen LogP contribution in [0.3, 0.4) is 0 Å². The van der Waals surface area contributed by atoms with Gasteiger partial charge in [0.15, 0.2) is 0 Å². The Bertz CT molecular complexity index is 1360. The minimum Gasteiger partial charge on any atom is -0.352 e. The number of amides is 2.